The number of halogens is 2. The summed E-state index contributed by atoms with van der Waals surface area (Å²) in [5, 5.41) is 24.0. The van der Waals surface area contributed by atoms with Crippen molar-refractivity contribution in [2.24, 2.45) is 0 Å². The number of anilines is 3. The highest BCUT2D eigenvalue weighted by atomic mass is 19.3. The average Bonchev–Trinajstić information content (AvgIpc) is 3.24. The maximum Gasteiger partial charge on any atom is 0.333 e. The summed E-state index contributed by atoms with van der Waals surface area (Å²) in [5.74, 6) is 0.907. The number of hydrogen-bond donors (Lipinski definition) is 3. The molecule has 0 radical (unpaired) electrons. The van der Waals surface area contributed by atoms with Crippen molar-refractivity contribution in [1.82, 2.24) is 29.9 Å². The molecule has 0 aromatic carbocycles. The van der Waals surface area contributed by atoms with Crippen molar-refractivity contribution in [3.8, 4) is 11.3 Å². The summed E-state index contributed by atoms with van der Waals surface area (Å²) >= 11 is 0. The molecule has 1 spiro atoms. The molecule has 34 heavy (non-hydrogen) atoms. The van der Waals surface area contributed by atoms with Gasteiger partial charge in [0.25, 0.3) is 0 Å². The first-order chi connectivity index (χ1) is 16.4. The number of aliphatic hydroxyl groups excluding tert-OH is 1. The zero-order valence-corrected chi connectivity index (χ0v) is 18.5. The van der Waals surface area contributed by atoms with E-state index in [9.17, 15) is 18.7 Å². The number of amides is 1. The fraction of sp³-hybridized carbons (Fsp3) is 0.500. The number of fused-ring (bicyclic) bond motifs is 2. The van der Waals surface area contributed by atoms with E-state index in [-0.39, 0.29) is 23.6 Å². The van der Waals surface area contributed by atoms with Gasteiger partial charge in [-0.25, -0.2) is 9.67 Å². The summed E-state index contributed by atoms with van der Waals surface area (Å²) in [7, 11) is 0. The third-order valence-corrected chi connectivity index (χ3v) is 7.25. The minimum absolute atomic E-state index is 0.0482. The molecule has 0 bridgehead atoms. The van der Waals surface area contributed by atoms with Crippen LogP contribution in [0.4, 0.5) is 26.2 Å². The van der Waals surface area contributed by atoms with Gasteiger partial charge in [0, 0.05) is 29.6 Å². The lowest BCUT2D eigenvalue weighted by molar-refractivity contribution is -0.121. The number of rotatable bonds is 5. The van der Waals surface area contributed by atoms with Gasteiger partial charge < -0.3 is 10.4 Å². The summed E-state index contributed by atoms with van der Waals surface area (Å²) in [6.07, 6.45) is 8.74. The predicted octanol–water partition coefficient (Wildman–Crippen LogP) is 3.19. The zero-order valence-electron chi connectivity index (χ0n) is 18.5. The van der Waals surface area contributed by atoms with Crippen LogP contribution >= 0.6 is 0 Å². The average molecular weight is 470 g/mol. The Bertz CT molecular complexity index is 1270. The molecule has 3 aliphatic rings. The number of carbonyl (C=O) groups is 1. The maximum atomic E-state index is 13.4. The molecule has 2 fully saturated rings. The second-order valence-electron chi connectivity index (χ2n) is 9.30. The molecule has 4 heterocycles. The van der Waals surface area contributed by atoms with Crippen molar-refractivity contribution in [3.05, 3.63) is 29.8 Å². The first-order valence-corrected chi connectivity index (χ1v) is 11.4. The number of nitrogens with one attached hydrogen (secondary N) is 2. The van der Waals surface area contributed by atoms with Gasteiger partial charge in [-0.1, -0.05) is 0 Å². The molecule has 2 aliphatic carbocycles. The van der Waals surface area contributed by atoms with E-state index in [4.69, 9.17) is 4.98 Å². The molecule has 3 aromatic rings. The third-order valence-electron chi connectivity index (χ3n) is 7.25. The van der Waals surface area contributed by atoms with Crippen molar-refractivity contribution >= 4 is 23.4 Å². The van der Waals surface area contributed by atoms with E-state index >= 15 is 0 Å². The lowest BCUT2D eigenvalue weighted by Crippen LogP contribution is -2.44. The lowest BCUT2D eigenvalue weighted by Gasteiger charge is -2.33. The Morgan fingerprint density at radius 1 is 1.29 bits per heavy atom. The summed E-state index contributed by atoms with van der Waals surface area (Å²) in [6.45, 7) is -1.20. The first kappa shape index (κ1) is 21.1. The first-order valence-electron chi connectivity index (χ1n) is 11.4. The number of aliphatic hydroxyl groups is 1. The van der Waals surface area contributed by atoms with Crippen molar-refractivity contribution < 1.29 is 18.7 Å². The topological polar surface area (TPSA) is 125 Å². The van der Waals surface area contributed by atoms with Gasteiger partial charge in [0.2, 0.25) is 11.9 Å². The van der Waals surface area contributed by atoms with Gasteiger partial charge in [0.05, 0.1) is 29.1 Å². The van der Waals surface area contributed by atoms with E-state index in [0.29, 0.717) is 33.9 Å². The van der Waals surface area contributed by atoms with Crippen LogP contribution in [0.2, 0.25) is 0 Å². The second kappa shape index (κ2) is 7.55. The standard InChI is InChI=1S/C22H24F2N8O2/c1-11-14(8-27-32(11)20(23)24)17-16(10-26-30-17)28-21-25-9-15-18(29-21)31(19(34)22(15)5-6-22)12-3-2-4-13(33)7-12/h8-10,12-13,20,33H,2-7H2,1H3,(H,26,30)(H,25,28,29)/t12-,13-/m1/s1. The maximum absolute atomic E-state index is 13.4. The van der Waals surface area contributed by atoms with Crippen molar-refractivity contribution in [2.75, 3.05) is 10.2 Å². The fourth-order valence-corrected chi connectivity index (χ4v) is 5.28. The van der Waals surface area contributed by atoms with Crippen molar-refractivity contribution in [3.63, 3.8) is 0 Å². The van der Waals surface area contributed by atoms with Gasteiger partial charge in [-0.3, -0.25) is 14.8 Å². The van der Waals surface area contributed by atoms with E-state index in [1.165, 1.54) is 6.20 Å². The highest BCUT2D eigenvalue weighted by Crippen LogP contribution is 2.57. The van der Waals surface area contributed by atoms with Crippen LogP contribution in [0.1, 0.15) is 56.3 Å². The van der Waals surface area contributed by atoms with E-state index in [1.54, 1.807) is 24.2 Å². The molecule has 12 heteroatoms. The summed E-state index contributed by atoms with van der Waals surface area (Å²) in [4.78, 5) is 24.3. The normalized spacial score (nSPS) is 23.1. The molecule has 6 rings (SSSR count). The molecule has 178 valence electrons. The SMILES string of the molecule is Cc1c(-c2n[nH]cc2Nc2ncc3c(n2)N([C@@H]2CCC[C@@H](O)C2)C(=O)C32CC2)cnn1C(F)F. The molecule has 2 atom stereocenters. The predicted molar refractivity (Wildman–Crippen MR) is 118 cm³/mol. The van der Waals surface area contributed by atoms with E-state index in [2.05, 4.69) is 25.6 Å². The molecular formula is C22H24F2N8O2. The van der Waals surface area contributed by atoms with Crippen LogP contribution in [0, 0.1) is 6.92 Å². The number of H-pyrrole nitrogens is 1. The molecular weight excluding hydrogens is 446 g/mol. The molecule has 0 unspecified atom stereocenters. The molecule has 2 saturated carbocycles. The van der Waals surface area contributed by atoms with E-state index in [1.807, 2.05) is 0 Å². The highest BCUT2D eigenvalue weighted by Gasteiger charge is 2.61. The van der Waals surface area contributed by atoms with Crippen LogP contribution in [0.25, 0.3) is 11.3 Å². The minimum atomic E-state index is -2.75. The molecule has 3 N–H and O–H groups in total. The van der Waals surface area contributed by atoms with Crippen molar-refractivity contribution in [2.45, 2.75) is 69.6 Å². The van der Waals surface area contributed by atoms with Crippen LogP contribution in [0.3, 0.4) is 0 Å². The molecule has 1 aliphatic heterocycles. The lowest BCUT2D eigenvalue weighted by atomic mass is 9.92. The zero-order chi connectivity index (χ0) is 23.6. The summed E-state index contributed by atoms with van der Waals surface area (Å²) in [6, 6.07) is -0.0925. The summed E-state index contributed by atoms with van der Waals surface area (Å²) < 4.78 is 27.0. The third kappa shape index (κ3) is 3.11. The fourth-order valence-electron chi connectivity index (χ4n) is 5.28. The number of carbonyl (C=O) groups excluding carboxylic acids is 1. The Balaban J connectivity index is 1.34. The highest BCUT2D eigenvalue weighted by molar-refractivity contribution is 6.09. The van der Waals surface area contributed by atoms with Gasteiger partial charge in [0.1, 0.15) is 11.5 Å². The van der Waals surface area contributed by atoms with Gasteiger partial charge in [-0.15, -0.1) is 0 Å². The Morgan fingerprint density at radius 2 is 2.12 bits per heavy atom. The van der Waals surface area contributed by atoms with E-state index in [0.717, 1.165) is 37.7 Å². The molecule has 0 saturated heterocycles. The number of nitrogens with zero attached hydrogens (tertiary/aromatic N) is 6. The number of alkyl halides is 2. The Hall–Kier alpha value is -3.41. The van der Waals surface area contributed by atoms with Crippen LogP contribution in [-0.2, 0) is 10.2 Å². The van der Waals surface area contributed by atoms with Crippen LogP contribution < -0.4 is 10.2 Å². The monoisotopic (exact) mass is 470 g/mol. The summed E-state index contributed by atoms with van der Waals surface area (Å²) in [5.41, 5.74) is 1.96. The number of aromatic amines is 1. The molecule has 3 aromatic heterocycles. The van der Waals surface area contributed by atoms with Gasteiger partial charge in [-0.05, 0) is 45.4 Å². The number of aromatic nitrogens is 6. The van der Waals surface area contributed by atoms with Crippen LogP contribution in [-0.4, -0.2) is 53.1 Å². The van der Waals surface area contributed by atoms with E-state index < -0.39 is 18.1 Å². The quantitative estimate of drug-likeness (QED) is 0.523. The van der Waals surface area contributed by atoms with Gasteiger partial charge >= 0.3 is 6.55 Å². The Labute approximate surface area is 193 Å². The van der Waals surface area contributed by atoms with Crippen molar-refractivity contribution in [1.29, 1.82) is 0 Å². The minimum Gasteiger partial charge on any atom is -0.393 e. The van der Waals surface area contributed by atoms with Crippen LogP contribution in [0.5, 0.6) is 0 Å². The van der Waals surface area contributed by atoms with Gasteiger partial charge in [0.15, 0.2) is 0 Å². The number of hydrogen-bond acceptors (Lipinski definition) is 7. The molecule has 10 nitrogen and oxygen atoms in total. The second-order valence-corrected chi connectivity index (χ2v) is 9.30. The Morgan fingerprint density at radius 3 is 2.82 bits per heavy atom. The smallest absolute Gasteiger partial charge is 0.333 e. The Kier molecular flexibility index (Phi) is 4.70. The molecule has 1 amide bonds. The van der Waals surface area contributed by atoms with Crippen LogP contribution in [0.15, 0.2) is 18.6 Å². The largest absolute Gasteiger partial charge is 0.393 e. The van der Waals surface area contributed by atoms with Gasteiger partial charge in [-0.2, -0.15) is 24.0 Å².